The molecule has 0 bridgehead atoms. The molecule has 2 N–H and O–H groups in total. The van der Waals surface area contributed by atoms with Gasteiger partial charge < -0.3 is 14.9 Å². The molecule has 4 nitrogen and oxygen atoms in total. The van der Waals surface area contributed by atoms with E-state index in [1.807, 2.05) is 0 Å². The zero-order valence-electron chi connectivity index (χ0n) is 8.03. The molecule has 0 aliphatic carbocycles. The molecule has 0 aliphatic heterocycles. The zero-order valence-corrected chi connectivity index (χ0v) is 8.03. The lowest BCUT2D eigenvalue weighted by Crippen LogP contribution is -2.21. The fourth-order valence-electron chi connectivity index (χ4n) is 0.833. The van der Waals surface area contributed by atoms with Crippen LogP contribution in [0.3, 0.4) is 0 Å². The van der Waals surface area contributed by atoms with Crippen molar-refractivity contribution >= 4 is 5.97 Å². The normalized spacial score (nSPS) is 12.5. The van der Waals surface area contributed by atoms with Crippen LogP contribution in [0.5, 0.6) is 0 Å². The summed E-state index contributed by atoms with van der Waals surface area (Å²) in [6.45, 7) is 1.57. The Kier molecular flexibility index (Phi) is 7.63. The van der Waals surface area contributed by atoms with E-state index in [9.17, 15) is 4.79 Å². The number of hydrogen-bond acceptors (Lipinski definition) is 4. The second-order valence-electron chi connectivity index (χ2n) is 2.98. The predicted molar refractivity (Wildman–Crippen MR) is 48.2 cm³/mol. The predicted octanol–water partition coefficient (Wildman–Crippen LogP) is 0.463. The zero-order chi connectivity index (χ0) is 10.1. The lowest BCUT2D eigenvalue weighted by atomic mass is 10.2. The minimum Gasteiger partial charge on any atom is -0.463 e. The van der Waals surface area contributed by atoms with E-state index in [1.165, 1.54) is 0 Å². The summed E-state index contributed by atoms with van der Waals surface area (Å²) in [7, 11) is 0. The first-order valence-electron chi connectivity index (χ1n) is 4.65. The molecule has 0 aliphatic rings. The molecule has 0 aromatic rings. The highest BCUT2D eigenvalue weighted by Crippen LogP contribution is 2.00. The number of unbranched alkanes of at least 4 members (excludes halogenated alkanes) is 2. The molecule has 0 aromatic carbocycles. The third kappa shape index (κ3) is 7.74. The largest absolute Gasteiger partial charge is 0.463 e. The maximum absolute atomic E-state index is 10.9. The Morgan fingerprint density at radius 3 is 2.69 bits per heavy atom. The fraction of sp³-hybridized carbons (Fsp3) is 0.889. The monoisotopic (exact) mass is 190 g/mol. The average molecular weight is 190 g/mol. The number of esters is 1. The topological polar surface area (TPSA) is 66.8 Å². The van der Waals surface area contributed by atoms with E-state index >= 15 is 0 Å². The Hall–Kier alpha value is -0.610. The van der Waals surface area contributed by atoms with Gasteiger partial charge in [-0.15, -0.1) is 0 Å². The molecule has 1 atom stereocenters. The SMILES string of the molecule is CCCCCC(=O)OC[C@H](O)CO. The van der Waals surface area contributed by atoms with Gasteiger partial charge in [0.05, 0.1) is 6.61 Å². The van der Waals surface area contributed by atoms with E-state index < -0.39 is 6.10 Å². The number of carbonyl (C=O) groups is 1. The van der Waals surface area contributed by atoms with Gasteiger partial charge in [0, 0.05) is 6.42 Å². The summed E-state index contributed by atoms with van der Waals surface area (Å²) in [4.78, 5) is 10.9. The van der Waals surface area contributed by atoms with Crippen LogP contribution in [0.1, 0.15) is 32.6 Å². The van der Waals surface area contributed by atoms with Crippen LogP contribution in [0.4, 0.5) is 0 Å². The fourth-order valence-corrected chi connectivity index (χ4v) is 0.833. The van der Waals surface area contributed by atoms with Crippen molar-refractivity contribution in [1.29, 1.82) is 0 Å². The van der Waals surface area contributed by atoms with Crippen molar-refractivity contribution in [3.63, 3.8) is 0 Å². The van der Waals surface area contributed by atoms with Gasteiger partial charge in [-0.2, -0.15) is 0 Å². The molecule has 0 saturated carbocycles. The second kappa shape index (κ2) is 8.01. The number of carbonyl (C=O) groups excluding carboxylic acids is 1. The summed E-state index contributed by atoms with van der Waals surface area (Å²) >= 11 is 0. The molecule has 0 fully saturated rings. The van der Waals surface area contributed by atoms with Crippen LogP contribution in [0.25, 0.3) is 0 Å². The van der Waals surface area contributed by atoms with Crippen LogP contribution in [0, 0.1) is 0 Å². The summed E-state index contributed by atoms with van der Waals surface area (Å²) in [5.74, 6) is -0.305. The molecule has 13 heavy (non-hydrogen) atoms. The smallest absolute Gasteiger partial charge is 0.305 e. The van der Waals surface area contributed by atoms with Crippen molar-refractivity contribution < 1.29 is 19.7 Å². The first-order valence-corrected chi connectivity index (χ1v) is 4.65. The van der Waals surface area contributed by atoms with Crippen molar-refractivity contribution in [2.75, 3.05) is 13.2 Å². The van der Waals surface area contributed by atoms with Gasteiger partial charge in [0.15, 0.2) is 0 Å². The Labute approximate surface area is 78.5 Å². The molecule has 0 amide bonds. The van der Waals surface area contributed by atoms with E-state index in [0.717, 1.165) is 19.3 Å². The number of aliphatic hydroxyl groups is 2. The molecule has 0 unspecified atom stereocenters. The van der Waals surface area contributed by atoms with Crippen LogP contribution >= 0.6 is 0 Å². The minimum atomic E-state index is -0.949. The molecule has 0 saturated heterocycles. The highest BCUT2D eigenvalue weighted by Gasteiger charge is 2.06. The third-order valence-corrected chi connectivity index (χ3v) is 1.63. The van der Waals surface area contributed by atoms with Gasteiger partial charge in [0.2, 0.25) is 0 Å². The standard InChI is InChI=1S/C9H18O4/c1-2-3-4-5-9(12)13-7-8(11)6-10/h8,10-11H,2-7H2,1H3/t8-/m1/s1. The van der Waals surface area contributed by atoms with Crippen molar-refractivity contribution in [3.8, 4) is 0 Å². The van der Waals surface area contributed by atoms with Crippen LogP contribution < -0.4 is 0 Å². The van der Waals surface area contributed by atoms with Crippen LogP contribution in [-0.2, 0) is 9.53 Å². The third-order valence-electron chi connectivity index (χ3n) is 1.63. The molecule has 0 radical (unpaired) electrons. The molecule has 0 rings (SSSR count). The van der Waals surface area contributed by atoms with Crippen LogP contribution in [-0.4, -0.2) is 35.5 Å². The summed E-state index contributed by atoms with van der Waals surface area (Å²) in [6, 6.07) is 0. The molecule has 0 aromatic heterocycles. The van der Waals surface area contributed by atoms with E-state index in [1.54, 1.807) is 0 Å². The Bertz CT molecular complexity index is 136. The van der Waals surface area contributed by atoms with Gasteiger partial charge >= 0.3 is 5.97 Å². The minimum absolute atomic E-state index is 0.110. The molecule has 78 valence electrons. The maximum atomic E-state index is 10.9. The van der Waals surface area contributed by atoms with Gasteiger partial charge in [-0.1, -0.05) is 19.8 Å². The average Bonchev–Trinajstić information content (AvgIpc) is 2.14. The highest BCUT2D eigenvalue weighted by atomic mass is 16.5. The number of aliphatic hydroxyl groups excluding tert-OH is 2. The maximum Gasteiger partial charge on any atom is 0.305 e. The highest BCUT2D eigenvalue weighted by molar-refractivity contribution is 5.69. The Balaban J connectivity index is 3.30. The van der Waals surface area contributed by atoms with E-state index in [2.05, 4.69) is 6.92 Å². The summed E-state index contributed by atoms with van der Waals surface area (Å²) < 4.78 is 4.69. The summed E-state index contributed by atoms with van der Waals surface area (Å²) in [6.07, 6.45) is 2.34. The first-order chi connectivity index (χ1) is 6.20. The van der Waals surface area contributed by atoms with Gasteiger partial charge in [-0.05, 0) is 6.42 Å². The lowest BCUT2D eigenvalue weighted by Gasteiger charge is -2.07. The molecule has 0 heterocycles. The number of ether oxygens (including phenoxy) is 1. The van der Waals surface area contributed by atoms with Gasteiger partial charge in [0.25, 0.3) is 0 Å². The van der Waals surface area contributed by atoms with Crippen molar-refractivity contribution in [2.24, 2.45) is 0 Å². The van der Waals surface area contributed by atoms with Gasteiger partial charge in [-0.25, -0.2) is 0 Å². The van der Waals surface area contributed by atoms with Crippen LogP contribution in [0.2, 0.25) is 0 Å². The molecular formula is C9H18O4. The van der Waals surface area contributed by atoms with Gasteiger partial charge in [-0.3, -0.25) is 4.79 Å². The van der Waals surface area contributed by atoms with E-state index in [4.69, 9.17) is 14.9 Å². The Morgan fingerprint density at radius 2 is 2.15 bits per heavy atom. The van der Waals surface area contributed by atoms with Gasteiger partial charge in [0.1, 0.15) is 12.7 Å². The number of hydrogen-bond donors (Lipinski definition) is 2. The van der Waals surface area contributed by atoms with E-state index in [0.29, 0.717) is 6.42 Å². The van der Waals surface area contributed by atoms with Crippen LogP contribution in [0.15, 0.2) is 0 Å². The molecule has 0 spiro atoms. The van der Waals surface area contributed by atoms with Crippen molar-refractivity contribution in [2.45, 2.75) is 38.7 Å². The lowest BCUT2D eigenvalue weighted by molar-refractivity contribution is -0.147. The summed E-state index contributed by atoms with van der Waals surface area (Å²) in [5, 5.41) is 17.3. The quantitative estimate of drug-likeness (QED) is 0.452. The van der Waals surface area contributed by atoms with Crippen molar-refractivity contribution in [3.05, 3.63) is 0 Å². The Morgan fingerprint density at radius 1 is 1.46 bits per heavy atom. The molecular weight excluding hydrogens is 172 g/mol. The first kappa shape index (κ1) is 12.4. The summed E-state index contributed by atoms with van der Waals surface area (Å²) in [5.41, 5.74) is 0. The molecule has 4 heteroatoms. The number of rotatable bonds is 7. The van der Waals surface area contributed by atoms with Crippen molar-refractivity contribution in [1.82, 2.24) is 0 Å². The second-order valence-corrected chi connectivity index (χ2v) is 2.98. The van der Waals surface area contributed by atoms with E-state index in [-0.39, 0.29) is 19.2 Å².